The average molecular weight is 505 g/mol. The topological polar surface area (TPSA) is 150 Å². The van der Waals surface area contributed by atoms with E-state index in [1.54, 1.807) is 19.1 Å². The van der Waals surface area contributed by atoms with Gasteiger partial charge in [-0.3, -0.25) is 9.59 Å². The van der Waals surface area contributed by atoms with Gasteiger partial charge in [-0.05, 0) is 49.1 Å². The Morgan fingerprint density at radius 1 is 1.11 bits per heavy atom. The molecule has 2 aromatic heterocycles. The number of anilines is 1. The molecule has 0 saturated carbocycles. The lowest BCUT2D eigenvalue weighted by molar-refractivity contribution is -0.192. The Morgan fingerprint density at radius 2 is 1.75 bits per heavy atom. The summed E-state index contributed by atoms with van der Waals surface area (Å²) in [6.07, 6.45) is -2.54. The number of aryl methyl sites for hydroxylation is 1. The van der Waals surface area contributed by atoms with Crippen LogP contribution in [0, 0.1) is 6.92 Å². The van der Waals surface area contributed by atoms with Gasteiger partial charge in [0.05, 0.1) is 0 Å². The van der Waals surface area contributed by atoms with E-state index in [9.17, 15) is 22.8 Å². The van der Waals surface area contributed by atoms with Crippen LogP contribution < -0.4 is 16.4 Å². The van der Waals surface area contributed by atoms with Crippen LogP contribution in [0.25, 0.3) is 0 Å². The van der Waals surface area contributed by atoms with Gasteiger partial charge in [0.15, 0.2) is 0 Å². The highest BCUT2D eigenvalue weighted by Gasteiger charge is 2.38. The maximum Gasteiger partial charge on any atom is 0.490 e. The minimum absolute atomic E-state index is 0.273. The minimum Gasteiger partial charge on any atom is -0.475 e. The van der Waals surface area contributed by atoms with Gasteiger partial charge in [-0.15, -0.1) is 0 Å². The number of pyridine rings is 1. The lowest BCUT2D eigenvalue weighted by atomic mass is 10.1. The standard InChI is InChI=1S/C22H25N5O2.C2HF3O2/c1-14-18(8-9-20(23)26-14)13-25-21(28)15(2)27-22(29)19-11-17(12-24-19)10-16-6-4-3-5-7-16;3-2(4,5)1(6)7/h3-9,11-12,15,24H,10,13H2,1-2H3,(H2,23,26)(H,25,28)(H,27,29);(H,6,7). The monoisotopic (exact) mass is 505 g/mol. The summed E-state index contributed by atoms with van der Waals surface area (Å²) in [6.45, 7) is 3.80. The number of halogens is 3. The largest absolute Gasteiger partial charge is 0.490 e. The second-order valence-electron chi connectivity index (χ2n) is 7.78. The van der Waals surface area contributed by atoms with Crippen LogP contribution in [0.3, 0.4) is 0 Å². The lowest BCUT2D eigenvalue weighted by Gasteiger charge is -2.14. The molecule has 1 atom stereocenters. The second-order valence-corrected chi connectivity index (χ2v) is 7.78. The van der Waals surface area contributed by atoms with Crippen molar-refractivity contribution in [2.75, 3.05) is 5.73 Å². The number of aliphatic carboxylic acids is 1. The van der Waals surface area contributed by atoms with Crippen LogP contribution in [0.5, 0.6) is 0 Å². The van der Waals surface area contributed by atoms with Gasteiger partial charge in [-0.1, -0.05) is 36.4 Å². The van der Waals surface area contributed by atoms with E-state index >= 15 is 0 Å². The van der Waals surface area contributed by atoms with Gasteiger partial charge in [-0.25, -0.2) is 9.78 Å². The predicted octanol–water partition coefficient (Wildman–Crippen LogP) is 2.96. The number of carbonyl (C=O) groups excluding carboxylic acids is 2. The normalized spacial score (nSPS) is 11.6. The third-order valence-electron chi connectivity index (χ3n) is 4.89. The van der Waals surface area contributed by atoms with Crippen molar-refractivity contribution in [3.05, 3.63) is 82.8 Å². The number of carboxylic acids is 1. The summed E-state index contributed by atoms with van der Waals surface area (Å²) < 4.78 is 31.7. The summed E-state index contributed by atoms with van der Waals surface area (Å²) in [4.78, 5) is 40.8. The van der Waals surface area contributed by atoms with Gasteiger partial charge < -0.3 is 26.5 Å². The van der Waals surface area contributed by atoms with Gasteiger partial charge in [0.2, 0.25) is 5.91 Å². The number of nitrogens with zero attached hydrogens (tertiary/aromatic N) is 1. The number of aromatic nitrogens is 2. The molecule has 192 valence electrons. The molecular weight excluding hydrogens is 479 g/mol. The fraction of sp³-hybridized carbons (Fsp3) is 0.250. The van der Waals surface area contributed by atoms with Gasteiger partial charge in [0, 0.05) is 18.4 Å². The number of benzene rings is 1. The molecule has 1 unspecified atom stereocenters. The molecule has 1 aromatic carbocycles. The van der Waals surface area contributed by atoms with E-state index in [0.717, 1.165) is 23.2 Å². The molecule has 2 amide bonds. The van der Waals surface area contributed by atoms with E-state index in [1.165, 1.54) is 5.56 Å². The summed E-state index contributed by atoms with van der Waals surface area (Å²) in [5.41, 5.74) is 9.87. The number of nitrogens with two attached hydrogens (primary N) is 1. The summed E-state index contributed by atoms with van der Waals surface area (Å²) in [5.74, 6) is -2.91. The number of hydrogen-bond donors (Lipinski definition) is 5. The zero-order chi connectivity index (χ0) is 26.9. The first-order valence-corrected chi connectivity index (χ1v) is 10.7. The number of alkyl halides is 3. The molecule has 36 heavy (non-hydrogen) atoms. The smallest absolute Gasteiger partial charge is 0.475 e. The molecular formula is C24H26F3N5O4. The molecule has 0 aliphatic rings. The van der Waals surface area contributed by atoms with E-state index in [0.29, 0.717) is 18.1 Å². The number of carbonyl (C=O) groups is 3. The molecule has 0 saturated heterocycles. The molecule has 3 aromatic rings. The lowest BCUT2D eigenvalue weighted by Crippen LogP contribution is -2.44. The van der Waals surface area contributed by atoms with Gasteiger partial charge in [0.25, 0.3) is 5.91 Å². The van der Waals surface area contributed by atoms with Crippen molar-refractivity contribution in [1.82, 2.24) is 20.6 Å². The highest BCUT2D eigenvalue weighted by Crippen LogP contribution is 2.13. The van der Waals surface area contributed by atoms with Crippen molar-refractivity contribution in [3.63, 3.8) is 0 Å². The van der Waals surface area contributed by atoms with E-state index in [1.807, 2.05) is 49.5 Å². The van der Waals surface area contributed by atoms with E-state index in [-0.39, 0.29) is 11.8 Å². The van der Waals surface area contributed by atoms with Crippen LogP contribution in [0.4, 0.5) is 19.0 Å². The third-order valence-corrected chi connectivity index (χ3v) is 4.89. The molecule has 0 aliphatic carbocycles. The van der Waals surface area contributed by atoms with Crippen LogP contribution >= 0.6 is 0 Å². The third kappa shape index (κ3) is 8.78. The number of nitrogens with one attached hydrogen (secondary N) is 3. The number of nitrogen functional groups attached to an aromatic ring is 1. The summed E-state index contributed by atoms with van der Waals surface area (Å²) in [6, 6.07) is 14.7. The number of amides is 2. The van der Waals surface area contributed by atoms with Crippen molar-refractivity contribution in [3.8, 4) is 0 Å². The van der Waals surface area contributed by atoms with Crippen molar-refractivity contribution in [2.24, 2.45) is 0 Å². The summed E-state index contributed by atoms with van der Waals surface area (Å²) in [7, 11) is 0. The van der Waals surface area contributed by atoms with Crippen LogP contribution in [-0.2, 0) is 22.6 Å². The number of aromatic amines is 1. The number of H-pyrrole nitrogens is 1. The first-order valence-electron chi connectivity index (χ1n) is 10.7. The second kappa shape index (κ2) is 12.4. The fourth-order valence-electron chi connectivity index (χ4n) is 2.98. The fourth-order valence-corrected chi connectivity index (χ4v) is 2.98. The molecule has 0 spiro atoms. The minimum atomic E-state index is -5.08. The molecule has 6 N–H and O–H groups in total. The van der Waals surface area contributed by atoms with E-state index in [2.05, 4.69) is 20.6 Å². The Morgan fingerprint density at radius 3 is 2.33 bits per heavy atom. The Hall–Kier alpha value is -4.35. The molecule has 0 fully saturated rings. The van der Waals surface area contributed by atoms with Gasteiger partial charge in [0.1, 0.15) is 17.6 Å². The Kier molecular flexibility index (Phi) is 9.59. The number of hydrogen-bond acceptors (Lipinski definition) is 5. The SMILES string of the molecule is Cc1nc(N)ccc1CNC(=O)C(C)NC(=O)c1cc(Cc2ccccc2)c[nH]1.O=C(O)C(F)(F)F. The first kappa shape index (κ1) is 27.9. The van der Waals surface area contributed by atoms with Crippen LogP contribution in [0.1, 0.15) is 39.8 Å². The highest BCUT2D eigenvalue weighted by molar-refractivity contribution is 5.96. The van der Waals surface area contributed by atoms with Crippen molar-refractivity contribution in [1.29, 1.82) is 0 Å². The van der Waals surface area contributed by atoms with Crippen molar-refractivity contribution < 1.29 is 32.7 Å². The molecule has 0 radical (unpaired) electrons. The van der Waals surface area contributed by atoms with Crippen molar-refractivity contribution >= 4 is 23.6 Å². The highest BCUT2D eigenvalue weighted by atomic mass is 19.4. The molecule has 0 bridgehead atoms. The molecule has 3 rings (SSSR count). The van der Waals surface area contributed by atoms with Crippen LogP contribution in [-0.4, -0.2) is 45.1 Å². The Bertz CT molecular complexity index is 1200. The zero-order valence-electron chi connectivity index (χ0n) is 19.5. The van der Waals surface area contributed by atoms with Crippen molar-refractivity contribution in [2.45, 2.75) is 39.0 Å². The summed E-state index contributed by atoms with van der Waals surface area (Å²) >= 11 is 0. The number of carboxylic acid groups (broad SMARTS) is 1. The molecule has 12 heteroatoms. The van der Waals surface area contributed by atoms with Gasteiger partial charge >= 0.3 is 12.1 Å². The van der Waals surface area contributed by atoms with E-state index in [4.69, 9.17) is 15.6 Å². The maximum atomic E-state index is 12.4. The molecule has 0 aliphatic heterocycles. The predicted molar refractivity (Wildman–Crippen MR) is 126 cm³/mol. The average Bonchev–Trinajstić information content (AvgIpc) is 3.27. The van der Waals surface area contributed by atoms with Crippen LogP contribution in [0.15, 0.2) is 54.7 Å². The van der Waals surface area contributed by atoms with Crippen LogP contribution in [0.2, 0.25) is 0 Å². The zero-order valence-corrected chi connectivity index (χ0v) is 19.5. The van der Waals surface area contributed by atoms with Gasteiger partial charge in [-0.2, -0.15) is 13.2 Å². The Balaban J connectivity index is 0.000000572. The maximum absolute atomic E-state index is 12.4. The summed E-state index contributed by atoms with van der Waals surface area (Å²) in [5, 5.41) is 12.6. The molecule has 9 nitrogen and oxygen atoms in total. The first-order chi connectivity index (χ1) is 16.9. The quantitative estimate of drug-likeness (QED) is 0.333. The number of rotatable bonds is 7. The molecule has 2 heterocycles. The van der Waals surface area contributed by atoms with E-state index < -0.39 is 18.2 Å². The Labute approximate surface area is 204 Å².